The summed E-state index contributed by atoms with van der Waals surface area (Å²) in [7, 11) is 0. The predicted molar refractivity (Wildman–Crippen MR) is 169 cm³/mol. The molecule has 3 aromatic rings. The number of aliphatic carboxylic acids is 1. The number of alkyl halides is 4. The van der Waals surface area contributed by atoms with E-state index in [1.807, 2.05) is 19.9 Å². The summed E-state index contributed by atoms with van der Waals surface area (Å²) >= 11 is 0. The van der Waals surface area contributed by atoms with Gasteiger partial charge in [0.05, 0.1) is 0 Å². The average Bonchev–Trinajstić information content (AvgIpc) is 3.05. The van der Waals surface area contributed by atoms with Crippen LogP contribution in [0.1, 0.15) is 61.3 Å². The number of carbonyl (C=O) groups excluding carboxylic acids is 2. The predicted octanol–water partition coefficient (Wildman–Crippen LogP) is 6.93. The van der Waals surface area contributed by atoms with Gasteiger partial charge in [-0.05, 0) is 75.0 Å². The van der Waals surface area contributed by atoms with Crippen molar-refractivity contribution in [2.24, 2.45) is 5.92 Å². The zero-order valence-corrected chi connectivity index (χ0v) is 26.2. The Balaban J connectivity index is 0.000000402. The van der Waals surface area contributed by atoms with E-state index < -0.39 is 29.3 Å². The third kappa shape index (κ3) is 9.87. The van der Waals surface area contributed by atoms with Crippen molar-refractivity contribution in [1.82, 2.24) is 10.2 Å². The maximum Gasteiger partial charge on any atom is 0.379 e. The van der Waals surface area contributed by atoms with E-state index in [9.17, 15) is 31.9 Å². The molecule has 0 unspecified atom stereocenters. The Morgan fingerprint density at radius 3 is 1.93 bits per heavy atom. The molecule has 4 rings (SSSR count). The lowest BCUT2D eigenvalue weighted by molar-refractivity contribution is -0.166. The zero-order chi connectivity index (χ0) is 33.9. The third-order valence-electron chi connectivity index (χ3n) is 7.86. The van der Waals surface area contributed by atoms with Crippen molar-refractivity contribution < 1.29 is 37.1 Å². The molecular formula is C35H41F4N3O4. The van der Waals surface area contributed by atoms with Crippen LogP contribution in [-0.4, -0.2) is 54.0 Å². The number of hydrogen-bond donors (Lipinski definition) is 3. The number of piperidine rings is 1. The third-order valence-corrected chi connectivity index (χ3v) is 7.86. The molecule has 248 valence electrons. The van der Waals surface area contributed by atoms with Gasteiger partial charge < -0.3 is 20.6 Å². The van der Waals surface area contributed by atoms with Crippen LogP contribution in [0.5, 0.6) is 0 Å². The number of carboxylic acids is 1. The fourth-order valence-corrected chi connectivity index (χ4v) is 5.08. The van der Waals surface area contributed by atoms with E-state index in [4.69, 9.17) is 5.11 Å². The molecule has 7 nitrogen and oxygen atoms in total. The van der Waals surface area contributed by atoms with Gasteiger partial charge in [0.15, 0.2) is 0 Å². The summed E-state index contributed by atoms with van der Waals surface area (Å²) in [5.41, 5.74) is 2.54. The Morgan fingerprint density at radius 2 is 1.41 bits per heavy atom. The van der Waals surface area contributed by atoms with Crippen LogP contribution in [0, 0.1) is 12.8 Å². The van der Waals surface area contributed by atoms with Gasteiger partial charge in [-0.2, -0.15) is 17.6 Å². The van der Waals surface area contributed by atoms with Crippen molar-refractivity contribution in [3.05, 3.63) is 101 Å². The second-order valence-electron chi connectivity index (χ2n) is 11.6. The molecule has 0 atom stereocenters. The fourth-order valence-electron chi connectivity index (χ4n) is 5.08. The first kappa shape index (κ1) is 36.2. The van der Waals surface area contributed by atoms with Crippen molar-refractivity contribution in [3.8, 4) is 0 Å². The first-order chi connectivity index (χ1) is 21.7. The molecule has 1 heterocycles. The number of nitrogens with zero attached hydrogens (tertiary/aromatic N) is 1. The van der Waals surface area contributed by atoms with Crippen molar-refractivity contribution in [2.75, 3.05) is 31.5 Å². The van der Waals surface area contributed by atoms with Crippen LogP contribution < -0.4 is 10.6 Å². The molecule has 0 spiro atoms. The highest BCUT2D eigenvalue weighted by Crippen LogP contribution is 2.32. The van der Waals surface area contributed by atoms with E-state index in [1.165, 1.54) is 47.5 Å². The van der Waals surface area contributed by atoms with Gasteiger partial charge in [-0.1, -0.05) is 80.6 Å². The summed E-state index contributed by atoms with van der Waals surface area (Å²) in [6.07, 6.45) is 2.62. The standard InChI is InChI=1S/C27H35F2N3O2.C8H6F2O2/c1-19(2)25(33)31-23-11-10-20(3)24(18-23)21-12-16-32(17-13-21)15-7-14-30-26(34)27(28,29)22-8-5-4-6-9-22;9-8(10,7(11)12)6-4-2-1-3-5-6/h4-6,8-11,18-19,21H,7,12-17H2,1-3H3,(H,30,34)(H,31,33);1-5H,(H,11,12). The van der Waals surface area contributed by atoms with Gasteiger partial charge in [0.25, 0.3) is 5.91 Å². The van der Waals surface area contributed by atoms with Crippen LogP contribution in [0.3, 0.4) is 0 Å². The number of carbonyl (C=O) groups is 3. The monoisotopic (exact) mass is 643 g/mol. The van der Waals surface area contributed by atoms with Crippen LogP contribution in [0.2, 0.25) is 0 Å². The highest BCUT2D eigenvalue weighted by atomic mass is 19.3. The minimum Gasteiger partial charge on any atom is -0.477 e. The maximum atomic E-state index is 14.3. The molecule has 46 heavy (non-hydrogen) atoms. The molecule has 1 fully saturated rings. The quantitative estimate of drug-likeness (QED) is 0.156. The van der Waals surface area contributed by atoms with E-state index in [2.05, 4.69) is 34.6 Å². The summed E-state index contributed by atoms with van der Waals surface area (Å²) in [6, 6.07) is 19.7. The Morgan fingerprint density at radius 1 is 0.870 bits per heavy atom. The number of halogens is 4. The van der Waals surface area contributed by atoms with E-state index >= 15 is 0 Å². The van der Waals surface area contributed by atoms with Gasteiger partial charge in [0.2, 0.25) is 5.91 Å². The highest BCUT2D eigenvalue weighted by molar-refractivity contribution is 5.92. The summed E-state index contributed by atoms with van der Waals surface area (Å²) in [5.74, 6) is -10.3. The number of aryl methyl sites for hydroxylation is 1. The minimum atomic E-state index is -3.79. The van der Waals surface area contributed by atoms with Crippen molar-refractivity contribution in [1.29, 1.82) is 0 Å². The van der Waals surface area contributed by atoms with Gasteiger partial charge in [-0.25, -0.2) is 4.79 Å². The van der Waals surface area contributed by atoms with Gasteiger partial charge in [-0.15, -0.1) is 0 Å². The van der Waals surface area contributed by atoms with Gasteiger partial charge >= 0.3 is 17.8 Å². The molecule has 1 saturated heterocycles. The summed E-state index contributed by atoms with van der Waals surface area (Å²) in [6.45, 7) is 8.66. The topological polar surface area (TPSA) is 98.7 Å². The number of nitrogens with one attached hydrogen (secondary N) is 2. The molecule has 2 amide bonds. The first-order valence-corrected chi connectivity index (χ1v) is 15.3. The molecule has 1 aliphatic rings. The summed E-state index contributed by atoms with van der Waals surface area (Å²) in [5, 5.41) is 13.5. The van der Waals surface area contributed by atoms with E-state index in [0.717, 1.165) is 50.3 Å². The molecule has 0 aliphatic carbocycles. The molecule has 3 aromatic carbocycles. The lowest BCUT2D eigenvalue weighted by atomic mass is 9.86. The van der Waals surface area contributed by atoms with E-state index in [0.29, 0.717) is 12.3 Å². The van der Waals surface area contributed by atoms with Crippen LogP contribution in [0.4, 0.5) is 23.2 Å². The van der Waals surface area contributed by atoms with Crippen molar-refractivity contribution in [3.63, 3.8) is 0 Å². The Kier molecular flexibility index (Phi) is 12.9. The Hall–Kier alpha value is -4.25. The number of amides is 2. The number of carboxylic acid groups (broad SMARTS) is 1. The van der Waals surface area contributed by atoms with Crippen molar-refractivity contribution in [2.45, 2.75) is 57.8 Å². The van der Waals surface area contributed by atoms with Crippen LogP contribution in [0.25, 0.3) is 0 Å². The molecular weight excluding hydrogens is 602 g/mol. The number of benzene rings is 3. The molecule has 0 bridgehead atoms. The lowest BCUT2D eigenvalue weighted by Gasteiger charge is -2.33. The van der Waals surface area contributed by atoms with Gasteiger partial charge in [-0.3, -0.25) is 9.59 Å². The van der Waals surface area contributed by atoms with Crippen LogP contribution in [-0.2, 0) is 26.2 Å². The van der Waals surface area contributed by atoms with Crippen LogP contribution in [0.15, 0.2) is 78.9 Å². The molecule has 3 N–H and O–H groups in total. The zero-order valence-electron chi connectivity index (χ0n) is 26.2. The number of anilines is 1. The molecule has 0 radical (unpaired) electrons. The number of likely N-dealkylation sites (tertiary alicyclic amines) is 1. The van der Waals surface area contributed by atoms with Gasteiger partial charge in [0, 0.05) is 29.3 Å². The Labute approximate surface area is 267 Å². The molecule has 11 heteroatoms. The molecule has 1 aliphatic heterocycles. The largest absolute Gasteiger partial charge is 0.477 e. The van der Waals surface area contributed by atoms with E-state index in [1.54, 1.807) is 12.1 Å². The number of rotatable bonds is 11. The maximum absolute atomic E-state index is 14.3. The summed E-state index contributed by atoms with van der Waals surface area (Å²) < 4.78 is 53.9. The highest BCUT2D eigenvalue weighted by Gasteiger charge is 2.41. The summed E-state index contributed by atoms with van der Waals surface area (Å²) in [4.78, 5) is 36.4. The SMILES string of the molecule is Cc1ccc(NC(=O)C(C)C)cc1C1CCN(CCCNC(=O)C(F)(F)c2ccccc2)CC1.O=C(O)C(F)(F)c1ccccc1. The van der Waals surface area contributed by atoms with Gasteiger partial charge in [0.1, 0.15) is 0 Å². The molecule has 0 aromatic heterocycles. The average molecular weight is 644 g/mol. The fraction of sp³-hybridized carbons (Fsp3) is 0.400. The second-order valence-corrected chi connectivity index (χ2v) is 11.6. The minimum absolute atomic E-state index is 0.0123. The van der Waals surface area contributed by atoms with E-state index in [-0.39, 0.29) is 23.9 Å². The first-order valence-electron chi connectivity index (χ1n) is 15.3. The smallest absolute Gasteiger partial charge is 0.379 e. The Bertz CT molecular complexity index is 1440. The van der Waals surface area contributed by atoms with Crippen molar-refractivity contribution >= 4 is 23.5 Å². The van der Waals surface area contributed by atoms with Crippen LogP contribution >= 0.6 is 0 Å². The molecule has 0 saturated carbocycles. The lowest BCUT2D eigenvalue weighted by Crippen LogP contribution is -2.40. The second kappa shape index (κ2) is 16.4. The normalized spacial score (nSPS) is 14.3. The number of hydrogen-bond acceptors (Lipinski definition) is 4.